The van der Waals surface area contributed by atoms with E-state index in [0.717, 1.165) is 25.8 Å². The maximum Gasteiger partial charge on any atom is 0.274 e. The molecule has 0 saturated carbocycles. The highest BCUT2D eigenvalue weighted by Crippen LogP contribution is 2.24. The molecule has 1 aliphatic rings. The zero-order chi connectivity index (χ0) is 16.9. The van der Waals surface area contributed by atoms with Crippen molar-refractivity contribution in [2.45, 2.75) is 38.6 Å². The Bertz CT molecular complexity index is 722. The molecule has 2 aromatic rings. The van der Waals surface area contributed by atoms with E-state index in [1.54, 1.807) is 24.4 Å². The molecule has 2 heterocycles. The highest BCUT2D eigenvalue weighted by Gasteiger charge is 2.23. The number of aromatic nitrogens is 2. The molecule has 0 aliphatic carbocycles. The molecule has 1 aromatic carbocycles. The second-order valence-electron chi connectivity index (χ2n) is 5.93. The molecule has 5 nitrogen and oxygen atoms in total. The third-order valence-corrected chi connectivity index (χ3v) is 4.68. The summed E-state index contributed by atoms with van der Waals surface area (Å²) in [5.41, 5.74) is 0.925. The minimum absolute atomic E-state index is 0.281. The van der Waals surface area contributed by atoms with Crippen molar-refractivity contribution in [3.8, 4) is 0 Å². The van der Waals surface area contributed by atoms with Gasteiger partial charge in [0, 0.05) is 18.8 Å². The van der Waals surface area contributed by atoms with Crippen LogP contribution in [-0.4, -0.2) is 28.5 Å². The number of para-hydroxylation sites is 1. The molecular formula is C18H21ClN4O. The van der Waals surface area contributed by atoms with E-state index in [1.165, 1.54) is 6.42 Å². The summed E-state index contributed by atoms with van der Waals surface area (Å²) in [5, 5.41) is 3.30. The van der Waals surface area contributed by atoms with E-state index < -0.39 is 0 Å². The second-order valence-corrected chi connectivity index (χ2v) is 6.33. The maximum absolute atomic E-state index is 12.5. The van der Waals surface area contributed by atoms with Gasteiger partial charge in [0.1, 0.15) is 5.69 Å². The van der Waals surface area contributed by atoms with Gasteiger partial charge in [-0.2, -0.15) is 0 Å². The van der Waals surface area contributed by atoms with Crippen LogP contribution in [0.3, 0.4) is 0 Å². The predicted molar refractivity (Wildman–Crippen MR) is 96.7 cm³/mol. The fourth-order valence-electron chi connectivity index (χ4n) is 3.05. The highest BCUT2D eigenvalue weighted by atomic mass is 35.5. The number of hydrogen-bond acceptors (Lipinski definition) is 4. The number of carbonyl (C=O) groups is 1. The van der Waals surface area contributed by atoms with Gasteiger partial charge in [0.25, 0.3) is 5.91 Å². The molecule has 1 aromatic heterocycles. The van der Waals surface area contributed by atoms with Crippen LogP contribution < -0.4 is 10.2 Å². The summed E-state index contributed by atoms with van der Waals surface area (Å²) in [4.78, 5) is 23.5. The average Bonchev–Trinajstić information content (AvgIpc) is 2.63. The van der Waals surface area contributed by atoms with Crippen molar-refractivity contribution in [1.82, 2.24) is 9.97 Å². The molecule has 1 N–H and O–H groups in total. The van der Waals surface area contributed by atoms with Crippen molar-refractivity contribution in [2.24, 2.45) is 0 Å². The summed E-state index contributed by atoms with van der Waals surface area (Å²) in [6.45, 7) is 3.12. The van der Waals surface area contributed by atoms with Crippen molar-refractivity contribution in [3.63, 3.8) is 0 Å². The average molecular weight is 345 g/mol. The van der Waals surface area contributed by atoms with E-state index in [-0.39, 0.29) is 5.91 Å². The van der Waals surface area contributed by atoms with Gasteiger partial charge in [-0.3, -0.25) is 4.79 Å². The number of amides is 1. The molecular weight excluding hydrogens is 324 g/mol. The Morgan fingerprint density at radius 1 is 1.33 bits per heavy atom. The smallest absolute Gasteiger partial charge is 0.274 e. The summed E-state index contributed by atoms with van der Waals surface area (Å²) in [6, 6.07) is 9.22. The Hall–Kier alpha value is -2.14. The van der Waals surface area contributed by atoms with E-state index >= 15 is 0 Å². The van der Waals surface area contributed by atoms with Gasteiger partial charge in [-0.15, -0.1) is 0 Å². The third kappa shape index (κ3) is 3.67. The largest absolute Gasteiger partial charge is 0.338 e. The van der Waals surface area contributed by atoms with Crippen LogP contribution in [0.25, 0.3) is 0 Å². The van der Waals surface area contributed by atoms with Gasteiger partial charge in [0.2, 0.25) is 5.95 Å². The molecule has 1 atom stereocenters. The Labute approximate surface area is 147 Å². The van der Waals surface area contributed by atoms with Crippen molar-refractivity contribution in [2.75, 3.05) is 16.8 Å². The molecule has 1 fully saturated rings. The quantitative estimate of drug-likeness (QED) is 0.905. The van der Waals surface area contributed by atoms with Gasteiger partial charge in [-0.1, -0.05) is 30.7 Å². The van der Waals surface area contributed by atoms with Gasteiger partial charge >= 0.3 is 0 Å². The van der Waals surface area contributed by atoms with Crippen LogP contribution in [0.5, 0.6) is 0 Å². The Balaban J connectivity index is 1.79. The number of anilines is 2. The van der Waals surface area contributed by atoms with Gasteiger partial charge < -0.3 is 10.2 Å². The molecule has 1 amide bonds. The standard InChI is InChI=1S/C18H21ClN4O/c1-2-13-7-5-6-12-23(13)18-20-11-10-16(22-18)17(24)21-15-9-4-3-8-14(15)19/h3-4,8-11,13H,2,5-7,12H2,1H3,(H,21,24). The van der Waals surface area contributed by atoms with E-state index in [9.17, 15) is 4.79 Å². The first kappa shape index (κ1) is 16.7. The van der Waals surface area contributed by atoms with Crippen LogP contribution in [0.4, 0.5) is 11.6 Å². The SMILES string of the molecule is CCC1CCCCN1c1nccc(C(=O)Nc2ccccc2Cl)n1. The number of hydrogen-bond donors (Lipinski definition) is 1. The Morgan fingerprint density at radius 2 is 2.17 bits per heavy atom. The van der Waals surface area contributed by atoms with E-state index in [4.69, 9.17) is 11.6 Å². The van der Waals surface area contributed by atoms with Gasteiger partial charge in [0.15, 0.2) is 0 Å². The lowest BCUT2D eigenvalue weighted by molar-refractivity contribution is 0.102. The monoisotopic (exact) mass is 344 g/mol. The number of benzene rings is 1. The van der Waals surface area contributed by atoms with Crippen molar-refractivity contribution in [1.29, 1.82) is 0 Å². The molecule has 0 spiro atoms. The molecule has 1 saturated heterocycles. The lowest BCUT2D eigenvalue weighted by Gasteiger charge is -2.35. The fourth-order valence-corrected chi connectivity index (χ4v) is 3.23. The minimum atomic E-state index is -0.281. The Morgan fingerprint density at radius 3 is 2.96 bits per heavy atom. The van der Waals surface area contributed by atoms with Crippen molar-refractivity contribution >= 4 is 29.1 Å². The highest BCUT2D eigenvalue weighted by molar-refractivity contribution is 6.33. The van der Waals surface area contributed by atoms with Gasteiger partial charge in [-0.05, 0) is 43.9 Å². The minimum Gasteiger partial charge on any atom is -0.338 e. The number of halogens is 1. The van der Waals surface area contributed by atoms with Crippen LogP contribution in [0.1, 0.15) is 43.1 Å². The summed E-state index contributed by atoms with van der Waals surface area (Å²) < 4.78 is 0. The lowest BCUT2D eigenvalue weighted by Crippen LogP contribution is -2.40. The number of carbonyl (C=O) groups excluding carboxylic acids is 1. The number of nitrogens with one attached hydrogen (secondary N) is 1. The molecule has 1 aliphatic heterocycles. The number of nitrogens with zero attached hydrogens (tertiary/aromatic N) is 3. The van der Waals surface area contributed by atoms with Crippen LogP contribution in [-0.2, 0) is 0 Å². The number of piperidine rings is 1. The zero-order valence-corrected chi connectivity index (χ0v) is 14.5. The van der Waals surface area contributed by atoms with Crippen LogP contribution in [0, 0.1) is 0 Å². The fraction of sp³-hybridized carbons (Fsp3) is 0.389. The molecule has 6 heteroatoms. The molecule has 0 bridgehead atoms. The predicted octanol–water partition coefficient (Wildman–Crippen LogP) is 4.15. The van der Waals surface area contributed by atoms with E-state index in [1.807, 2.05) is 12.1 Å². The third-order valence-electron chi connectivity index (χ3n) is 4.35. The van der Waals surface area contributed by atoms with Crippen LogP contribution in [0.15, 0.2) is 36.5 Å². The van der Waals surface area contributed by atoms with Gasteiger partial charge in [-0.25, -0.2) is 9.97 Å². The first-order chi connectivity index (χ1) is 11.7. The zero-order valence-electron chi connectivity index (χ0n) is 13.7. The summed E-state index contributed by atoms with van der Waals surface area (Å²) in [7, 11) is 0. The van der Waals surface area contributed by atoms with E-state index in [0.29, 0.717) is 28.4 Å². The van der Waals surface area contributed by atoms with Crippen molar-refractivity contribution < 1.29 is 4.79 Å². The molecule has 1 unspecified atom stereocenters. The second kappa shape index (κ2) is 7.62. The normalized spacial score (nSPS) is 17.6. The Kier molecular flexibility index (Phi) is 5.30. The number of rotatable bonds is 4. The van der Waals surface area contributed by atoms with Gasteiger partial charge in [0.05, 0.1) is 10.7 Å². The molecule has 126 valence electrons. The summed E-state index contributed by atoms with van der Waals surface area (Å²) >= 11 is 6.09. The summed E-state index contributed by atoms with van der Waals surface area (Å²) in [5.74, 6) is 0.352. The summed E-state index contributed by atoms with van der Waals surface area (Å²) in [6.07, 6.45) is 6.22. The topological polar surface area (TPSA) is 58.1 Å². The lowest BCUT2D eigenvalue weighted by atomic mass is 10.0. The maximum atomic E-state index is 12.5. The first-order valence-electron chi connectivity index (χ1n) is 8.34. The molecule has 0 radical (unpaired) electrons. The van der Waals surface area contributed by atoms with Crippen LogP contribution in [0.2, 0.25) is 5.02 Å². The molecule has 3 rings (SSSR count). The van der Waals surface area contributed by atoms with Crippen LogP contribution >= 0.6 is 11.6 Å². The molecule has 24 heavy (non-hydrogen) atoms. The first-order valence-corrected chi connectivity index (χ1v) is 8.72. The van der Waals surface area contributed by atoms with Crippen molar-refractivity contribution in [3.05, 3.63) is 47.2 Å². The van der Waals surface area contributed by atoms with E-state index in [2.05, 4.69) is 27.1 Å².